The Labute approximate surface area is 150 Å². The fourth-order valence-electron chi connectivity index (χ4n) is 2.87. The maximum atomic E-state index is 12.9. The monoisotopic (exact) mass is 351 g/mol. The van der Waals surface area contributed by atoms with Crippen molar-refractivity contribution in [3.63, 3.8) is 0 Å². The van der Waals surface area contributed by atoms with Crippen molar-refractivity contribution in [2.24, 2.45) is 0 Å². The lowest BCUT2D eigenvalue weighted by molar-refractivity contribution is 0.0474. The predicted octanol–water partition coefficient (Wildman–Crippen LogP) is 4.27. The van der Waals surface area contributed by atoms with E-state index >= 15 is 0 Å². The first-order valence-electron chi connectivity index (χ1n) is 8.17. The summed E-state index contributed by atoms with van der Waals surface area (Å²) in [5.74, 6) is -1.36. The number of rotatable bonds is 5. The van der Waals surface area contributed by atoms with Gasteiger partial charge in [0.25, 0.3) is 0 Å². The fraction of sp³-hybridized carbons (Fsp3) is 0.143. The highest BCUT2D eigenvalue weighted by atomic mass is 19.1. The normalized spacial score (nSPS) is 10.6. The van der Waals surface area contributed by atoms with Gasteiger partial charge in [-0.1, -0.05) is 18.2 Å². The molecule has 1 heterocycles. The minimum atomic E-state index is -0.559. The average molecular weight is 351 g/mol. The van der Waals surface area contributed by atoms with Crippen molar-refractivity contribution >= 4 is 11.8 Å². The molecule has 0 aliphatic rings. The summed E-state index contributed by atoms with van der Waals surface area (Å²) in [7, 11) is 0. The molecule has 0 radical (unpaired) electrons. The van der Waals surface area contributed by atoms with Crippen LogP contribution in [0.5, 0.6) is 0 Å². The van der Waals surface area contributed by atoms with Crippen LogP contribution in [0.25, 0.3) is 5.69 Å². The Morgan fingerprint density at radius 3 is 2.31 bits per heavy atom. The van der Waals surface area contributed by atoms with Gasteiger partial charge in [-0.3, -0.25) is 4.79 Å². The lowest BCUT2D eigenvalue weighted by Gasteiger charge is -2.09. The zero-order chi connectivity index (χ0) is 18.7. The van der Waals surface area contributed by atoms with E-state index in [9.17, 15) is 14.0 Å². The molecule has 26 heavy (non-hydrogen) atoms. The van der Waals surface area contributed by atoms with E-state index in [-0.39, 0.29) is 12.4 Å². The molecule has 0 spiro atoms. The molecule has 0 bridgehead atoms. The molecule has 0 amide bonds. The molecule has 0 fully saturated rings. The van der Waals surface area contributed by atoms with Crippen LogP contribution in [0.3, 0.4) is 0 Å². The van der Waals surface area contributed by atoms with Gasteiger partial charge in [0.1, 0.15) is 5.82 Å². The van der Waals surface area contributed by atoms with Crippen LogP contribution >= 0.6 is 0 Å². The predicted molar refractivity (Wildman–Crippen MR) is 96.3 cm³/mol. The van der Waals surface area contributed by atoms with E-state index in [4.69, 9.17) is 4.74 Å². The van der Waals surface area contributed by atoms with E-state index in [1.807, 2.05) is 48.7 Å². The van der Waals surface area contributed by atoms with Gasteiger partial charge in [0.2, 0.25) is 0 Å². The highest BCUT2D eigenvalue weighted by Gasteiger charge is 2.19. The van der Waals surface area contributed by atoms with E-state index < -0.39 is 11.8 Å². The molecule has 2 aromatic carbocycles. The van der Waals surface area contributed by atoms with Gasteiger partial charge >= 0.3 is 5.97 Å². The first kappa shape index (κ1) is 17.6. The number of aromatic nitrogens is 1. The van der Waals surface area contributed by atoms with E-state index in [0.717, 1.165) is 17.1 Å². The Hall–Kier alpha value is -3.21. The van der Waals surface area contributed by atoms with Gasteiger partial charge in [0.15, 0.2) is 12.4 Å². The second-order valence-corrected chi connectivity index (χ2v) is 5.96. The summed E-state index contributed by atoms with van der Waals surface area (Å²) >= 11 is 0. The number of carbonyl (C=O) groups excluding carboxylic acids is 2. The van der Waals surface area contributed by atoms with E-state index in [2.05, 4.69) is 0 Å². The Morgan fingerprint density at radius 1 is 1.00 bits per heavy atom. The van der Waals surface area contributed by atoms with Crippen LogP contribution in [0.2, 0.25) is 0 Å². The summed E-state index contributed by atoms with van der Waals surface area (Å²) < 4.78 is 20.0. The molecule has 132 valence electrons. The van der Waals surface area contributed by atoms with E-state index in [1.54, 1.807) is 6.07 Å². The van der Waals surface area contributed by atoms with Crippen molar-refractivity contribution in [3.8, 4) is 5.69 Å². The summed E-state index contributed by atoms with van der Waals surface area (Å²) in [6.45, 7) is 3.35. The zero-order valence-electron chi connectivity index (χ0n) is 14.5. The quantitative estimate of drug-likeness (QED) is 0.509. The van der Waals surface area contributed by atoms with Crippen LogP contribution in [0.15, 0.2) is 60.7 Å². The number of hydrogen-bond donors (Lipinski definition) is 0. The van der Waals surface area contributed by atoms with Crippen LogP contribution in [0.1, 0.15) is 32.1 Å². The average Bonchev–Trinajstić information content (AvgIpc) is 2.95. The second-order valence-electron chi connectivity index (χ2n) is 5.96. The molecule has 4 nitrogen and oxygen atoms in total. The molecule has 5 heteroatoms. The summed E-state index contributed by atoms with van der Waals surface area (Å²) in [5.41, 5.74) is 3.30. The largest absolute Gasteiger partial charge is 0.454 e. The SMILES string of the molecule is Cc1cc(C(=O)OCC(=O)c2ccc(F)cc2)c(C)n1-c1ccccc1. The number of carbonyl (C=O) groups is 2. The molecule has 0 saturated carbocycles. The minimum Gasteiger partial charge on any atom is -0.454 e. The third-order valence-electron chi connectivity index (χ3n) is 4.17. The number of benzene rings is 2. The van der Waals surface area contributed by atoms with Crippen LogP contribution < -0.4 is 0 Å². The van der Waals surface area contributed by atoms with Crippen molar-refractivity contribution in [1.82, 2.24) is 4.57 Å². The Morgan fingerprint density at radius 2 is 1.65 bits per heavy atom. The number of para-hydroxylation sites is 1. The van der Waals surface area contributed by atoms with Crippen LogP contribution in [-0.4, -0.2) is 22.9 Å². The maximum Gasteiger partial charge on any atom is 0.340 e. The molecule has 0 aliphatic heterocycles. The van der Waals surface area contributed by atoms with Gasteiger partial charge in [0.05, 0.1) is 5.56 Å². The molecule has 3 aromatic rings. The number of Topliss-reactive ketones (excluding diaryl/α,β-unsaturated/α-hetero) is 1. The zero-order valence-corrected chi connectivity index (χ0v) is 14.5. The summed E-state index contributed by atoms with van der Waals surface area (Å²) in [4.78, 5) is 24.5. The molecular formula is C21H18FNO3. The molecule has 0 N–H and O–H groups in total. The van der Waals surface area contributed by atoms with Crippen LogP contribution in [-0.2, 0) is 4.74 Å². The van der Waals surface area contributed by atoms with Gasteiger partial charge in [-0.25, -0.2) is 9.18 Å². The third kappa shape index (κ3) is 3.57. The third-order valence-corrected chi connectivity index (χ3v) is 4.17. The first-order valence-corrected chi connectivity index (χ1v) is 8.17. The molecule has 0 atom stereocenters. The Kier molecular flexibility index (Phi) is 4.98. The molecule has 3 rings (SSSR count). The number of nitrogens with zero attached hydrogens (tertiary/aromatic N) is 1. The number of esters is 1. The van der Waals surface area contributed by atoms with Gasteiger partial charge in [-0.2, -0.15) is 0 Å². The van der Waals surface area contributed by atoms with Gasteiger partial charge in [-0.15, -0.1) is 0 Å². The van der Waals surface area contributed by atoms with Crippen molar-refractivity contribution in [2.45, 2.75) is 13.8 Å². The first-order chi connectivity index (χ1) is 12.5. The van der Waals surface area contributed by atoms with Gasteiger partial charge < -0.3 is 9.30 Å². The smallest absolute Gasteiger partial charge is 0.340 e. The second kappa shape index (κ2) is 7.35. The standard InChI is InChI=1S/C21H18FNO3/c1-14-12-19(15(2)23(14)18-6-4-3-5-7-18)21(25)26-13-20(24)16-8-10-17(22)11-9-16/h3-12H,13H2,1-2H3. The molecule has 0 unspecified atom stereocenters. The topological polar surface area (TPSA) is 48.3 Å². The van der Waals surface area contributed by atoms with Gasteiger partial charge in [0, 0.05) is 22.6 Å². The van der Waals surface area contributed by atoms with Crippen molar-refractivity contribution in [1.29, 1.82) is 0 Å². The lowest BCUT2D eigenvalue weighted by atomic mass is 10.1. The lowest BCUT2D eigenvalue weighted by Crippen LogP contribution is -2.15. The number of halogens is 1. The Bertz CT molecular complexity index is 943. The molecule has 0 aliphatic carbocycles. The number of ketones is 1. The highest BCUT2D eigenvalue weighted by molar-refractivity contribution is 5.99. The van der Waals surface area contributed by atoms with Crippen LogP contribution in [0, 0.1) is 19.7 Å². The van der Waals surface area contributed by atoms with Crippen molar-refractivity contribution in [3.05, 3.63) is 89.0 Å². The minimum absolute atomic E-state index is 0.300. The number of aryl methyl sites for hydroxylation is 1. The summed E-state index contributed by atoms with van der Waals surface area (Å²) in [6.07, 6.45) is 0. The molecule has 0 saturated heterocycles. The highest BCUT2D eigenvalue weighted by Crippen LogP contribution is 2.21. The Balaban J connectivity index is 1.74. The van der Waals surface area contributed by atoms with Crippen molar-refractivity contribution in [2.75, 3.05) is 6.61 Å². The van der Waals surface area contributed by atoms with Crippen LogP contribution in [0.4, 0.5) is 4.39 Å². The number of ether oxygens (including phenoxy) is 1. The van der Waals surface area contributed by atoms with Crippen molar-refractivity contribution < 1.29 is 18.7 Å². The summed E-state index contributed by atoms with van der Waals surface area (Å²) in [6, 6.07) is 16.5. The van der Waals surface area contributed by atoms with Gasteiger partial charge in [-0.05, 0) is 56.3 Å². The number of hydrogen-bond acceptors (Lipinski definition) is 3. The maximum absolute atomic E-state index is 12.9. The van der Waals surface area contributed by atoms with E-state index in [0.29, 0.717) is 11.1 Å². The fourth-order valence-corrected chi connectivity index (χ4v) is 2.87. The molecule has 1 aromatic heterocycles. The molecular weight excluding hydrogens is 333 g/mol. The van der Waals surface area contributed by atoms with E-state index in [1.165, 1.54) is 24.3 Å². The summed E-state index contributed by atoms with van der Waals surface area (Å²) in [5, 5.41) is 0.